The molecular weight excluding hydrogens is 306 g/mol. The first-order chi connectivity index (χ1) is 11.6. The third-order valence-electron chi connectivity index (χ3n) is 4.96. The number of benzene rings is 1. The van der Waals surface area contributed by atoms with Crippen LogP contribution in [0.25, 0.3) is 10.9 Å². The molecule has 2 aromatic rings. The Morgan fingerprint density at radius 3 is 3.04 bits per heavy atom. The number of ether oxygens (including phenoxy) is 1. The van der Waals surface area contributed by atoms with Gasteiger partial charge in [0.05, 0.1) is 23.2 Å². The van der Waals surface area contributed by atoms with Crippen molar-refractivity contribution in [1.29, 1.82) is 0 Å². The van der Waals surface area contributed by atoms with Crippen molar-refractivity contribution >= 4 is 22.7 Å². The molecule has 3 heterocycles. The van der Waals surface area contributed by atoms with Crippen LogP contribution in [0.4, 0.5) is 0 Å². The fourth-order valence-electron chi connectivity index (χ4n) is 3.50. The van der Waals surface area contributed by atoms with Crippen molar-refractivity contribution in [2.24, 2.45) is 0 Å². The summed E-state index contributed by atoms with van der Waals surface area (Å²) in [7, 11) is 1.79. The minimum atomic E-state index is -0.0719. The number of piperidine rings is 1. The van der Waals surface area contributed by atoms with Gasteiger partial charge in [-0.05, 0) is 18.6 Å². The number of carbonyl (C=O) groups excluding carboxylic acids is 2. The molecule has 1 aromatic carbocycles. The molecule has 6 heteroatoms. The number of likely N-dealkylation sites (tertiary alicyclic amines) is 1. The molecule has 0 aliphatic carbocycles. The summed E-state index contributed by atoms with van der Waals surface area (Å²) >= 11 is 0. The summed E-state index contributed by atoms with van der Waals surface area (Å²) in [4.78, 5) is 32.6. The molecule has 0 saturated carbocycles. The number of fused-ring (bicyclic) bond motifs is 2. The second-order valence-electron chi connectivity index (χ2n) is 6.38. The highest BCUT2D eigenvalue weighted by atomic mass is 16.5. The number of likely N-dealkylation sites (N-methyl/N-ethyl adjacent to an activating group) is 1. The van der Waals surface area contributed by atoms with Crippen LogP contribution in [-0.2, 0) is 9.53 Å². The van der Waals surface area contributed by atoms with Crippen LogP contribution < -0.4 is 0 Å². The Labute approximate surface area is 140 Å². The maximum absolute atomic E-state index is 12.8. The predicted octanol–water partition coefficient (Wildman–Crippen LogP) is 1.31. The molecule has 2 aliphatic rings. The largest absolute Gasteiger partial charge is 0.366 e. The summed E-state index contributed by atoms with van der Waals surface area (Å²) in [6.07, 6.45) is 2.39. The average molecular weight is 325 g/mol. The Hall–Kier alpha value is -2.47. The van der Waals surface area contributed by atoms with Crippen LogP contribution in [0.5, 0.6) is 0 Å². The number of amides is 2. The van der Waals surface area contributed by atoms with Gasteiger partial charge in [-0.25, -0.2) is 0 Å². The summed E-state index contributed by atoms with van der Waals surface area (Å²) in [5.41, 5.74) is 1.46. The highest BCUT2D eigenvalue weighted by molar-refractivity contribution is 5.97. The standard InChI is InChI=1S/C18H19N3O3/c1-20-15-10-21(7-6-16(15)24-11-17(20)22)18(23)13-8-12-4-2-3-5-14(12)19-9-13/h2-5,8-9,15-16H,6-7,10-11H2,1H3/t15-,16+/m0/s1. The van der Waals surface area contributed by atoms with E-state index in [-0.39, 0.29) is 30.6 Å². The van der Waals surface area contributed by atoms with E-state index in [1.165, 1.54) is 0 Å². The van der Waals surface area contributed by atoms with Gasteiger partial charge in [0.15, 0.2) is 0 Å². The molecule has 0 unspecified atom stereocenters. The zero-order valence-corrected chi connectivity index (χ0v) is 13.5. The summed E-state index contributed by atoms with van der Waals surface area (Å²) < 4.78 is 5.61. The van der Waals surface area contributed by atoms with Gasteiger partial charge in [-0.3, -0.25) is 14.6 Å². The van der Waals surface area contributed by atoms with E-state index in [0.29, 0.717) is 18.7 Å². The van der Waals surface area contributed by atoms with E-state index < -0.39 is 0 Å². The summed E-state index contributed by atoms with van der Waals surface area (Å²) in [6, 6.07) is 9.55. The molecule has 0 bridgehead atoms. The first-order valence-electron chi connectivity index (χ1n) is 8.15. The van der Waals surface area contributed by atoms with E-state index in [2.05, 4.69) is 4.98 Å². The Morgan fingerprint density at radius 2 is 2.17 bits per heavy atom. The lowest BCUT2D eigenvalue weighted by atomic mass is 9.98. The maximum atomic E-state index is 12.8. The molecule has 2 aliphatic heterocycles. The molecule has 2 fully saturated rings. The van der Waals surface area contributed by atoms with E-state index in [1.54, 1.807) is 23.0 Å². The molecule has 24 heavy (non-hydrogen) atoms. The topological polar surface area (TPSA) is 62.7 Å². The minimum Gasteiger partial charge on any atom is -0.366 e. The van der Waals surface area contributed by atoms with Gasteiger partial charge in [-0.2, -0.15) is 0 Å². The molecule has 0 N–H and O–H groups in total. The Kier molecular flexibility index (Phi) is 3.69. The average Bonchev–Trinajstić information content (AvgIpc) is 2.63. The zero-order chi connectivity index (χ0) is 16.7. The molecule has 2 atom stereocenters. The van der Waals surface area contributed by atoms with Crippen LogP contribution in [-0.4, -0.2) is 65.5 Å². The highest BCUT2D eigenvalue weighted by Crippen LogP contribution is 2.24. The third-order valence-corrected chi connectivity index (χ3v) is 4.96. The Bertz CT molecular complexity index is 807. The van der Waals surface area contributed by atoms with Crippen LogP contribution in [0.15, 0.2) is 36.5 Å². The second kappa shape index (κ2) is 5.87. The molecule has 1 aromatic heterocycles. The van der Waals surface area contributed by atoms with Gasteiger partial charge in [-0.1, -0.05) is 18.2 Å². The van der Waals surface area contributed by atoms with Crippen molar-refractivity contribution in [3.63, 3.8) is 0 Å². The highest BCUT2D eigenvalue weighted by Gasteiger charge is 2.40. The smallest absolute Gasteiger partial charge is 0.255 e. The van der Waals surface area contributed by atoms with Crippen molar-refractivity contribution in [1.82, 2.24) is 14.8 Å². The van der Waals surface area contributed by atoms with Crippen LogP contribution in [0.1, 0.15) is 16.8 Å². The summed E-state index contributed by atoms with van der Waals surface area (Å²) in [6.45, 7) is 1.27. The summed E-state index contributed by atoms with van der Waals surface area (Å²) in [5, 5.41) is 0.950. The van der Waals surface area contributed by atoms with E-state index in [4.69, 9.17) is 4.74 Å². The van der Waals surface area contributed by atoms with E-state index >= 15 is 0 Å². The van der Waals surface area contributed by atoms with Crippen molar-refractivity contribution < 1.29 is 14.3 Å². The van der Waals surface area contributed by atoms with Gasteiger partial charge in [-0.15, -0.1) is 0 Å². The normalized spacial score (nSPS) is 24.1. The molecule has 0 spiro atoms. The second-order valence-corrected chi connectivity index (χ2v) is 6.38. The predicted molar refractivity (Wildman–Crippen MR) is 88.6 cm³/mol. The maximum Gasteiger partial charge on any atom is 0.255 e. The van der Waals surface area contributed by atoms with Gasteiger partial charge in [0.1, 0.15) is 6.61 Å². The number of carbonyl (C=O) groups is 2. The van der Waals surface area contributed by atoms with Crippen LogP contribution in [0.3, 0.4) is 0 Å². The number of morpholine rings is 1. The van der Waals surface area contributed by atoms with Gasteiger partial charge in [0.25, 0.3) is 5.91 Å². The lowest BCUT2D eigenvalue weighted by Crippen LogP contribution is -2.61. The Balaban J connectivity index is 1.56. The van der Waals surface area contributed by atoms with E-state index in [0.717, 1.165) is 17.3 Å². The fraction of sp³-hybridized carbons (Fsp3) is 0.389. The lowest BCUT2D eigenvalue weighted by Gasteiger charge is -2.45. The number of pyridine rings is 1. The molecule has 124 valence electrons. The number of rotatable bonds is 1. The monoisotopic (exact) mass is 325 g/mol. The quantitative estimate of drug-likeness (QED) is 0.793. The van der Waals surface area contributed by atoms with Gasteiger partial charge < -0.3 is 14.5 Å². The number of hydrogen-bond acceptors (Lipinski definition) is 4. The van der Waals surface area contributed by atoms with Crippen LogP contribution in [0.2, 0.25) is 0 Å². The Morgan fingerprint density at radius 1 is 1.33 bits per heavy atom. The van der Waals surface area contributed by atoms with Crippen molar-refractivity contribution in [2.75, 3.05) is 26.7 Å². The van der Waals surface area contributed by atoms with Crippen LogP contribution in [0, 0.1) is 0 Å². The van der Waals surface area contributed by atoms with E-state index in [9.17, 15) is 9.59 Å². The lowest BCUT2D eigenvalue weighted by molar-refractivity contribution is -0.159. The zero-order valence-electron chi connectivity index (χ0n) is 13.5. The minimum absolute atomic E-state index is 0.0199. The molecule has 0 radical (unpaired) electrons. The molecule has 6 nitrogen and oxygen atoms in total. The molecule has 2 saturated heterocycles. The number of aromatic nitrogens is 1. The third kappa shape index (κ3) is 2.53. The van der Waals surface area contributed by atoms with Gasteiger partial charge in [0, 0.05) is 31.7 Å². The number of nitrogens with zero attached hydrogens (tertiary/aromatic N) is 3. The SMILES string of the molecule is CN1C(=O)CO[C@@H]2CCN(C(=O)c3cnc4ccccc4c3)C[C@@H]21. The van der Waals surface area contributed by atoms with Crippen LogP contribution >= 0.6 is 0 Å². The first-order valence-corrected chi connectivity index (χ1v) is 8.15. The molecular formula is C18H19N3O3. The van der Waals surface area contributed by atoms with Crippen molar-refractivity contribution in [3.8, 4) is 0 Å². The first kappa shape index (κ1) is 15.1. The van der Waals surface area contributed by atoms with Crippen molar-refractivity contribution in [2.45, 2.75) is 18.6 Å². The number of para-hydroxylation sites is 1. The van der Waals surface area contributed by atoms with Gasteiger partial charge >= 0.3 is 0 Å². The van der Waals surface area contributed by atoms with E-state index in [1.807, 2.05) is 30.3 Å². The van der Waals surface area contributed by atoms with Gasteiger partial charge in [0.2, 0.25) is 5.91 Å². The van der Waals surface area contributed by atoms with Crippen molar-refractivity contribution in [3.05, 3.63) is 42.1 Å². The molecule has 2 amide bonds. The number of hydrogen-bond donors (Lipinski definition) is 0. The fourth-order valence-corrected chi connectivity index (χ4v) is 3.50. The summed E-state index contributed by atoms with van der Waals surface area (Å²) in [5.74, 6) is -0.0731. The molecule has 4 rings (SSSR count).